The zero-order valence-electron chi connectivity index (χ0n) is 18.2. The van der Waals surface area contributed by atoms with Crippen LogP contribution in [-0.4, -0.2) is 31.0 Å². The lowest BCUT2D eigenvalue weighted by Gasteiger charge is -2.37. The lowest BCUT2D eigenvalue weighted by atomic mass is 10.0. The molecule has 1 aliphatic heterocycles. The minimum atomic E-state index is -0.168. The Balaban J connectivity index is 1.26. The van der Waals surface area contributed by atoms with Crippen LogP contribution >= 0.6 is 0 Å². The van der Waals surface area contributed by atoms with Gasteiger partial charge in [0.25, 0.3) is 0 Å². The first kappa shape index (κ1) is 21.4. The van der Waals surface area contributed by atoms with Gasteiger partial charge >= 0.3 is 0 Å². The Morgan fingerprint density at radius 1 is 0.625 bits per heavy atom. The summed E-state index contributed by atoms with van der Waals surface area (Å²) in [5, 5.41) is 0. The van der Waals surface area contributed by atoms with Crippen molar-refractivity contribution >= 4 is 0 Å². The first-order valence-electron chi connectivity index (χ1n) is 11.4. The first-order chi connectivity index (χ1) is 15.9. The molecule has 1 heterocycles. The summed E-state index contributed by atoms with van der Waals surface area (Å²) in [7, 11) is 0. The van der Waals surface area contributed by atoms with Gasteiger partial charge in [0.2, 0.25) is 0 Å². The van der Waals surface area contributed by atoms with Crippen molar-refractivity contribution in [1.29, 1.82) is 0 Å². The minimum Gasteiger partial charge on any atom is -0.374 e. The van der Waals surface area contributed by atoms with Crippen LogP contribution in [0.5, 0.6) is 0 Å². The van der Waals surface area contributed by atoms with Crippen LogP contribution in [0.15, 0.2) is 91.0 Å². The van der Waals surface area contributed by atoms with E-state index in [1.165, 1.54) is 5.56 Å². The van der Waals surface area contributed by atoms with Crippen LogP contribution in [0.3, 0.4) is 0 Å². The molecule has 5 unspecified atom stereocenters. The molecule has 3 aromatic carbocycles. The van der Waals surface area contributed by atoms with E-state index >= 15 is 0 Å². The molecule has 4 nitrogen and oxygen atoms in total. The number of fused-ring (bicyclic) bond motifs is 1. The summed E-state index contributed by atoms with van der Waals surface area (Å²) in [6.07, 6.45) is 0.964. The molecule has 5 rings (SSSR count). The van der Waals surface area contributed by atoms with E-state index in [1.807, 2.05) is 54.6 Å². The lowest BCUT2D eigenvalue weighted by Crippen LogP contribution is -2.50. The lowest BCUT2D eigenvalue weighted by molar-refractivity contribution is -0.201. The maximum absolute atomic E-state index is 6.46. The largest absolute Gasteiger partial charge is 0.374 e. The number of hydrogen-bond acceptors (Lipinski definition) is 4. The Labute approximate surface area is 190 Å². The molecule has 5 atom stereocenters. The fourth-order valence-electron chi connectivity index (χ4n) is 4.40. The highest BCUT2D eigenvalue weighted by molar-refractivity contribution is 5.16. The zero-order valence-corrected chi connectivity index (χ0v) is 18.2. The van der Waals surface area contributed by atoms with Gasteiger partial charge in [-0.05, 0) is 23.1 Å². The summed E-state index contributed by atoms with van der Waals surface area (Å²) >= 11 is 0. The molecule has 0 radical (unpaired) electrons. The Bertz CT molecular complexity index is 947. The van der Waals surface area contributed by atoms with Gasteiger partial charge in [-0.1, -0.05) is 91.0 Å². The maximum atomic E-state index is 6.46. The summed E-state index contributed by atoms with van der Waals surface area (Å²) in [4.78, 5) is 0. The normalized spacial score (nSPS) is 26.4. The van der Waals surface area contributed by atoms with Crippen LogP contribution in [0.4, 0.5) is 0 Å². The molecule has 0 aromatic heterocycles. The molecule has 4 heteroatoms. The molecule has 1 saturated carbocycles. The average molecular weight is 431 g/mol. The van der Waals surface area contributed by atoms with Crippen molar-refractivity contribution in [2.75, 3.05) is 6.61 Å². The van der Waals surface area contributed by atoms with Crippen LogP contribution in [0.2, 0.25) is 0 Å². The van der Waals surface area contributed by atoms with Gasteiger partial charge in [0.1, 0.15) is 12.2 Å². The predicted octanol–water partition coefficient (Wildman–Crippen LogP) is 5.16. The third-order valence-corrected chi connectivity index (χ3v) is 6.20. The second-order valence-electron chi connectivity index (χ2n) is 8.64. The smallest absolute Gasteiger partial charge is 0.113 e. The van der Waals surface area contributed by atoms with Gasteiger partial charge in [0.15, 0.2) is 0 Å². The van der Waals surface area contributed by atoms with Gasteiger partial charge in [0, 0.05) is 5.92 Å². The van der Waals surface area contributed by atoms with Crippen LogP contribution in [0.25, 0.3) is 0 Å². The van der Waals surface area contributed by atoms with Crippen LogP contribution in [0, 0.1) is 5.92 Å². The van der Waals surface area contributed by atoms with E-state index in [2.05, 4.69) is 36.4 Å². The Kier molecular flexibility index (Phi) is 6.95. The third-order valence-electron chi connectivity index (χ3n) is 6.20. The highest BCUT2D eigenvalue weighted by Crippen LogP contribution is 2.46. The zero-order chi connectivity index (χ0) is 21.6. The summed E-state index contributed by atoms with van der Waals surface area (Å²) < 4.78 is 25.3. The van der Waals surface area contributed by atoms with Crippen molar-refractivity contribution in [2.45, 2.75) is 50.7 Å². The highest BCUT2D eigenvalue weighted by Gasteiger charge is 2.56. The quantitative estimate of drug-likeness (QED) is 0.445. The maximum Gasteiger partial charge on any atom is 0.113 e. The highest BCUT2D eigenvalue weighted by atomic mass is 16.6. The van der Waals surface area contributed by atoms with Crippen molar-refractivity contribution in [1.82, 2.24) is 0 Å². The van der Waals surface area contributed by atoms with E-state index in [0.717, 1.165) is 17.5 Å². The van der Waals surface area contributed by atoms with Crippen LogP contribution in [0.1, 0.15) is 23.1 Å². The van der Waals surface area contributed by atoms with Crippen LogP contribution < -0.4 is 0 Å². The fraction of sp³-hybridized carbons (Fsp3) is 0.357. The van der Waals surface area contributed by atoms with Gasteiger partial charge in [-0.25, -0.2) is 0 Å². The summed E-state index contributed by atoms with van der Waals surface area (Å²) in [5.41, 5.74) is 3.48. The Morgan fingerprint density at radius 3 is 1.69 bits per heavy atom. The van der Waals surface area contributed by atoms with E-state index < -0.39 is 0 Å². The predicted molar refractivity (Wildman–Crippen MR) is 123 cm³/mol. The van der Waals surface area contributed by atoms with Crippen LogP contribution in [-0.2, 0) is 38.8 Å². The molecule has 3 aromatic rings. The number of rotatable bonds is 10. The molecule has 0 amide bonds. The Hall–Kier alpha value is -2.50. The molecule has 0 spiro atoms. The molecule has 2 fully saturated rings. The van der Waals surface area contributed by atoms with E-state index in [4.69, 9.17) is 18.9 Å². The molecule has 0 N–H and O–H groups in total. The molecular weight excluding hydrogens is 400 g/mol. The average Bonchev–Trinajstić information content (AvgIpc) is 3.63. The molecule has 32 heavy (non-hydrogen) atoms. The van der Waals surface area contributed by atoms with E-state index in [-0.39, 0.29) is 24.4 Å². The van der Waals surface area contributed by atoms with Gasteiger partial charge in [-0.15, -0.1) is 0 Å². The topological polar surface area (TPSA) is 36.9 Å². The van der Waals surface area contributed by atoms with Crippen molar-refractivity contribution in [3.8, 4) is 0 Å². The van der Waals surface area contributed by atoms with Gasteiger partial charge in [0.05, 0.1) is 38.6 Å². The van der Waals surface area contributed by atoms with E-state index in [0.29, 0.717) is 32.3 Å². The van der Waals surface area contributed by atoms with E-state index in [1.54, 1.807) is 0 Å². The van der Waals surface area contributed by atoms with Gasteiger partial charge in [-0.3, -0.25) is 0 Å². The monoisotopic (exact) mass is 430 g/mol. The van der Waals surface area contributed by atoms with Gasteiger partial charge < -0.3 is 18.9 Å². The summed E-state index contributed by atoms with van der Waals surface area (Å²) in [6.45, 7) is 2.17. The number of hydrogen-bond donors (Lipinski definition) is 0. The van der Waals surface area contributed by atoms with Crippen molar-refractivity contribution in [3.63, 3.8) is 0 Å². The molecule has 2 aliphatic rings. The third kappa shape index (κ3) is 5.45. The molecule has 0 bridgehead atoms. The molecule has 1 saturated heterocycles. The number of benzene rings is 3. The minimum absolute atomic E-state index is 0.00277. The molecule has 1 aliphatic carbocycles. The van der Waals surface area contributed by atoms with Crippen molar-refractivity contribution in [3.05, 3.63) is 108 Å². The standard InChI is InChI=1S/C28H30O4/c1-4-10-21(11-5-1)17-29-20-26-28(31-19-23-14-8-3-9-15-23)27(24-16-25(24)32-26)30-18-22-12-6-2-7-13-22/h1-15,24-28H,16-20H2. The van der Waals surface area contributed by atoms with E-state index in [9.17, 15) is 0 Å². The number of ether oxygens (including phenoxy) is 4. The second-order valence-corrected chi connectivity index (χ2v) is 8.64. The molecular formula is C28H30O4. The SMILES string of the molecule is c1ccc(COCC2OC3CC3C(OCc3ccccc3)C2OCc2ccccc2)cc1. The van der Waals surface area contributed by atoms with Crippen molar-refractivity contribution < 1.29 is 18.9 Å². The Morgan fingerprint density at radius 2 is 1.12 bits per heavy atom. The van der Waals surface area contributed by atoms with Crippen molar-refractivity contribution in [2.24, 2.45) is 5.92 Å². The first-order valence-corrected chi connectivity index (χ1v) is 11.4. The summed E-state index contributed by atoms with van der Waals surface area (Å²) in [5.74, 6) is 0.393. The van der Waals surface area contributed by atoms with Gasteiger partial charge in [-0.2, -0.15) is 0 Å². The fourth-order valence-corrected chi connectivity index (χ4v) is 4.40. The second kappa shape index (κ2) is 10.4. The summed E-state index contributed by atoms with van der Waals surface area (Å²) in [6, 6.07) is 30.8. The molecule has 166 valence electrons.